The Hall–Kier alpha value is -2.40. The first kappa shape index (κ1) is 14.5. The van der Waals surface area contributed by atoms with Gasteiger partial charge >= 0.3 is 6.61 Å². The summed E-state index contributed by atoms with van der Waals surface area (Å²) < 4.78 is 29.4. The Morgan fingerprint density at radius 3 is 2.73 bits per heavy atom. The van der Waals surface area contributed by atoms with Gasteiger partial charge in [0.15, 0.2) is 0 Å². The molecule has 1 amide bonds. The van der Waals surface area contributed by atoms with Gasteiger partial charge in [-0.1, -0.05) is 29.8 Å². The fourth-order valence-corrected chi connectivity index (χ4v) is 2.43. The van der Waals surface area contributed by atoms with Gasteiger partial charge in [-0.25, -0.2) is 0 Å². The highest BCUT2D eigenvalue weighted by Crippen LogP contribution is 2.36. The van der Waals surface area contributed by atoms with Crippen molar-refractivity contribution in [3.05, 3.63) is 58.6 Å². The van der Waals surface area contributed by atoms with Crippen LogP contribution in [-0.4, -0.2) is 12.5 Å². The van der Waals surface area contributed by atoms with E-state index in [1.54, 1.807) is 36.4 Å². The molecule has 0 aromatic heterocycles. The van der Waals surface area contributed by atoms with Crippen LogP contribution in [0.5, 0.6) is 5.75 Å². The van der Waals surface area contributed by atoms with E-state index >= 15 is 0 Å². The maximum Gasteiger partial charge on any atom is 0.387 e. The average molecular weight is 322 g/mol. The molecule has 2 aromatic rings. The first-order chi connectivity index (χ1) is 10.5. The van der Waals surface area contributed by atoms with Crippen LogP contribution in [0.2, 0.25) is 5.02 Å². The van der Waals surface area contributed by atoms with Gasteiger partial charge in [0.2, 0.25) is 0 Å². The largest absolute Gasteiger partial charge is 0.434 e. The van der Waals surface area contributed by atoms with Crippen molar-refractivity contribution in [1.82, 2.24) is 0 Å². The second-order valence-electron chi connectivity index (χ2n) is 4.62. The first-order valence-electron chi connectivity index (χ1n) is 6.41. The number of carbonyl (C=O) groups is 1. The molecule has 0 spiro atoms. The monoisotopic (exact) mass is 321 g/mol. The van der Waals surface area contributed by atoms with E-state index in [1.165, 1.54) is 12.1 Å². The molecule has 3 rings (SSSR count). The summed E-state index contributed by atoms with van der Waals surface area (Å²) in [7, 11) is 0. The van der Waals surface area contributed by atoms with Crippen LogP contribution in [0.1, 0.15) is 11.1 Å². The van der Waals surface area contributed by atoms with Gasteiger partial charge in [-0.05, 0) is 30.3 Å². The van der Waals surface area contributed by atoms with Gasteiger partial charge in [0.05, 0.1) is 0 Å². The molecule has 3 nitrogen and oxygen atoms in total. The van der Waals surface area contributed by atoms with Crippen LogP contribution in [0.15, 0.2) is 42.5 Å². The van der Waals surface area contributed by atoms with Crippen LogP contribution < -0.4 is 10.1 Å². The standard InChI is InChI=1S/C16H10ClF2NO2/c17-10-5-6-13-11(8-10)12(15(21)20-13)7-9-3-1-2-4-14(9)22-16(18)19/h1-8,16H,(H,20,21)/b12-7-. The van der Waals surface area contributed by atoms with Crippen molar-refractivity contribution in [2.24, 2.45) is 0 Å². The molecule has 1 aliphatic heterocycles. The van der Waals surface area contributed by atoms with E-state index < -0.39 is 6.61 Å². The van der Waals surface area contributed by atoms with Crippen LogP contribution in [0.4, 0.5) is 14.5 Å². The molecule has 0 unspecified atom stereocenters. The number of anilines is 1. The second-order valence-corrected chi connectivity index (χ2v) is 5.05. The van der Waals surface area contributed by atoms with E-state index in [9.17, 15) is 13.6 Å². The van der Waals surface area contributed by atoms with E-state index in [0.29, 0.717) is 27.4 Å². The highest BCUT2D eigenvalue weighted by molar-refractivity contribution is 6.36. The van der Waals surface area contributed by atoms with Gasteiger partial charge < -0.3 is 10.1 Å². The summed E-state index contributed by atoms with van der Waals surface area (Å²) in [6, 6.07) is 11.3. The number of nitrogens with one attached hydrogen (secondary N) is 1. The second kappa shape index (κ2) is 5.77. The number of fused-ring (bicyclic) bond motifs is 1. The number of benzene rings is 2. The summed E-state index contributed by atoms with van der Waals surface area (Å²) in [6.45, 7) is -2.93. The number of para-hydroxylation sites is 1. The molecule has 0 aliphatic carbocycles. The summed E-state index contributed by atoms with van der Waals surface area (Å²) in [5.41, 5.74) is 2.00. The van der Waals surface area contributed by atoms with Crippen LogP contribution in [0.3, 0.4) is 0 Å². The number of hydrogen-bond acceptors (Lipinski definition) is 2. The third kappa shape index (κ3) is 2.80. The molecule has 2 aromatic carbocycles. The lowest BCUT2D eigenvalue weighted by molar-refractivity contribution is -0.110. The number of hydrogen-bond donors (Lipinski definition) is 1. The van der Waals surface area contributed by atoms with Crippen molar-refractivity contribution < 1.29 is 18.3 Å². The van der Waals surface area contributed by atoms with Crippen molar-refractivity contribution in [3.8, 4) is 5.75 Å². The Kier molecular flexibility index (Phi) is 3.81. The minimum absolute atomic E-state index is 0.00766. The Labute approximate surface area is 130 Å². The highest BCUT2D eigenvalue weighted by Gasteiger charge is 2.24. The van der Waals surface area contributed by atoms with Crippen LogP contribution in [-0.2, 0) is 4.79 Å². The predicted molar refractivity (Wildman–Crippen MR) is 81.0 cm³/mol. The van der Waals surface area contributed by atoms with Crippen molar-refractivity contribution in [2.75, 3.05) is 5.32 Å². The molecular formula is C16H10ClF2NO2. The molecule has 0 atom stereocenters. The van der Waals surface area contributed by atoms with Gasteiger partial charge in [0.1, 0.15) is 5.75 Å². The molecule has 0 bridgehead atoms. The number of amides is 1. The normalized spacial score (nSPS) is 15.1. The molecule has 6 heteroatoms. The van der Waals surface area contributed by atoms with Gasteiger partial charge in [0.25, 0.3) is 5.91 Å². The molecule has 0 fully saturated rings. The van der Waals surface area contributed by atoms with E-state index in [0.717, 1.165) is 0 Å². The zero-order valence-electron chi connectivity index (χ0n) is 11.1. The molecular weight excluding hydrogens is 312 g/mol. The molecule has 0 saturated heterocycles. The quantitative estimate of drug-likeness (QED) is 0.849. The zero-order chi connectivity index (χ0) is 15.7. The maximum atomic E-state index is 12.4. The fraction of sp³-hybridized carbons (Fsp3) is 0.0625. The Morgan fingerprint density at radius 1 is 1.18 bits per heavy atom. The predicted octanol–water partition coefficient (Wildman–Crippen LogP) is 4.43. The average Bonchev–Trinajstić information content (AvgIpc) is 2.76. The lowest BCUT2D eigenvalue weighted by atomic mass is 10.0. The summed E-state index contributed by atoms with van der Waals surface area (Å²) in [5, 5.41) is 3.18. The lowest BCUT2D eigenvalue weighted by Crippen LogP contribution is -2.05. The van der Waals surface area contributed by atoms with Crippen molar-refractivity contribution >= 4 is 34.8 Å². The minimum Gasteiger partial charge on any atom is -0.434 e. The Balaban J connectivity index is 2.07. The van der Waals surface area contributed by atoms with E-state index in [1.807, 2.05) is 0 Å². The Bertz CT molecular complexity index is 774. The number of ether oxygens (including phenoxy) is 1. The summed E-state index contributed by atoms with van der Waals surface area (Å²) in [4.78, 5) is 12.1. The highest BCUT2D eigenvalue weighted by atomic mass is 35.5. The number of alkyl halides is 2. The molecule has 1 aliphatic rings. The van der Waals surface area contributed by atoms with Gasteiger partial charge in [-0.3, -0.25) is 4.79 Å². The minimum atomic E-state index is -2.93. The first-order valence-corrected chi connectivity index (χ1v) is 6.79. The molecule has 1 heterocycles. The molecule has 0 saturated carbocycles. The molecule has 112 valence electrons. The maximum absolute atomic E-state index is 12.4. The Morgan fingerprint density at radius 2 is 1.95 bits per heavy atom. The third-order valence-corrected chi connectivity index (χ3v) is 3.43. The SMILES string of the molecule is O=C1Nc2ccc(Cl)cc2/C1=C/c1ccccc1OC(F)F. The van der Waals surface area contributed by atoms with Crippen molar-refractivity contribution in [1.29, 1.82) is 0 Å². The molecule has 0 radical (unpaired) electrons. The number of rotatable bonds is 3. The summed E-state index contributed by atoms with van der Waals surface area (Å²) in [6.07, 6.45) is 1.51. The lowest BCUT2D eigenvalue weighted by Gasteiger charge is -2.08. The smallest absolute Gasteiger partial charge is 0.387 e. The van der Waals surface area contributed by atoms with Crippen molar-refractivity contribution in [3.63, 3.8) is 0 Å². The fourth-order valence-electron chi connectivity index (χ4n) is 2.26. The van der Waals surface area contributed by atoms with Gasteiger partial charge in [-0.15, -0.1) is 0 Å². The van der Waals surface area contributed by atoms with E-state index in [4.69, 9.17) is 11.6 Å². The van der Waals surface area contributed by atoms with Gasteiger partial charge in [-0.2, -0.15) is 8.78 Å². The number of carbonyl (C=O) groups excluding carboxylic acids is 1. The summed E-state index contributed by atoms with van der Waals surface area (Å²) >= 11 is 5.95. The van der Waals surface area contributed by atoms with Crippen LogP contribution >= 0.6 is 11.6 Å². The summed E-state index contributed by atoms with van der Waals surface area (Å²) in [5.74, 6) is -0.308. The van der Waals surface area contributed by atoms with Crippen molar-refractivity contribution in [2.45, 2.75) is 6.61 Å². The number of halogens is 3. The van der Waals surface area contributed by atoms with E-state index in [-0.39, 0.29) is 11.7 Å². The topological polar surface area (TPSA) is 38.3 Å². The van der Waals surface area contributed by atoms with E-state index in [2.05, 4.69) is 10.1 Å². The third-order valence-electron chi connectivity index (χ3n) is 3.20. The van der Waals surface area contributed by atoms with Crippen LogP contribution in [0.25, 0.3) is 11.6 Å². The van der Waals surface area contributed by atoms with Crippen LogP contribution in [0, 0.1) is 0 Å². The molecule has 22 heavy (non-hydrogen) atoms. The van der Waals surface area contributed by atoms with Gasteiger partial charge in [0, 0.05) is 27.4 Å². The zero-order valence-corrected chi connectivity index (χ0v) is 11.9. The molecule has 1 N–H and O–H groups in total.